The summed E-state index contributed by atoms with van der Waals surface area (Å²) < 4.78 is 6.29. The van der Waals surface area contributed by atoms with E-state index >= 15 is 0 Å². The fourth-order valence-electron chi connectivity index (χ4n) is 0.663. The van der Waals surface area contributed by atoms with E-state index in [2.05, 4.69) is 47.8 Å². The van der Waals surface area contributed by atoms with Crippen LogP contribution < -0.4 is 4.74 Å². The van der Waals surface area contributed by atoms with E-state index in [0.717, 1.165) is 9.49 Å². The second kappa shape index (κ2) is 5.25. The Kier molecular flexibility index (Phi) is 4.61. The molecule has 0 saturated carbocycles. The second-order valence-corrected chi connectivity index (χ2v) is 5.64. The van der Waals surface area contributed by atoms with E-state index in [9.17, 15) is 0 Å². The maximum Gasteiger partial charge on any atom is 0.180 e. The number of rotatable bonds is 3. The van der Waals surface area contributed by atoms with Crippen LogP contribution in [0.4, 0.5) is 0 Å². The van der Waals surface area contributed by atoms with Gasteiger partial charge in [-0.3, -0.25) is 0 Å². The molecule has 1 rings (SSSR count). The number of hydrogen-bond donors (Lipinski definition) is 0. The summed E-state index contributed by atoms with van der Waals surface area (Å²) in [5.74, 6) is 0.829. The Hall–Kier alpha value is 0.460. The van der Waals surface area contributed by atoms with Gasteiger partial charge in [0.2, 0.25) is 0 Å². The smallest absolute Gasteiger partial charge is 0.180 e. The van der Waals surface area contributed by atoms with Crippen LogP contribution in [0.2, 0.25) is 0 Å². The third-order valence-corrected chi connectivity index (χ3v) is 3.86. The SMILES string of the molecule is Br[C](Br)C(Br)Oc1ccccc1. The molecule has 65 valence electrons. The average Bonchev–Trinajstić information content (AvgIpc) is 2.06. The molecule has 1 atom stereocenters. The van der Waals surface area contributed by atoms with Crippen molar-refractivity contribution in [1.29, 1.82) is 0 Å². The van der Waals surface area contributed by atoms with E-state index in [1.54, 1.807) is 0 Å². The van der Waals surface area contributed by atoms with Crippen molar-refractivity contribution < 1.29 is 4.74 Å². The van der Waals surface area contributed by atoms with Crippen LogP contribution in [0.1, 0.15) is 0 Å². The minimum absolute atomic E-state index is 0.153. The monoisotopic (exact) mass is 355 g/mol. The maximum absolute atomic E-state index is 5.46. The molecular weight excluding hydrogens is 352 g/mol. The zero-order valence-electron chi connectivity index (χ0n) is 6.01. The van der Waals surface area contributed by atoms with Gasteiger partial charge in [0.15, 0.2) is 8.75 Å². The fraction of sp³-hybridized carbons (Fsp3) is 0.125. The zero-order chi connectivity index (χ0) is 8.97. The molecule has 4 heteroatoms. The number of benzene rings is 1. The fourth-order valence-corrected chi connectivity index (χ4v) is 1.07. The molecule has 1 unspecified atom stereocenters. The molecule has 1 aromatic rings. The van der Waals surface area contributed by atoms with Crippen LogP contribution >= 0.6 is 47.8 Å². The highest BCUT2D eigenvalue weighted by molar-refractivity contribution is 9.28. The molecule has 0 aliphatic heterocycles. The lowest BCUT2D eigenvalue weighted by atomic mass is 10.3. The molecule has 0 heterocycles. The summed E-state index contributed by atoms with van der Waals surface area (Å²) in [6.45, 7) is 0. The maximum atomic E-state index is 5.46. The summed E-state index contributed by atoms with van der Waals surface area (Å²) in [6, 6.07) is 9.60. The van der Waals surface area contributed by atoms with Crippen molar-refractivity contribution in [3.05, 3.63) is 34.1 Å². The summed E-state index contributed by atoms with van der Waals surface area (Å²) in [4.78, 5) is 0. The van der Waals surface area contributed by atoms with Gasteiger partial charge in [-0.2, -0.15) is 0 Å². The van der Waals surface area contributed by atoms with E-state index in [1.807, 2.05) is 30.3 Å². The van der Waals surface area contributed by atoms with Gasteiger partial charge in [0.25, 0.3) is 0 Å². The lowest BCUT2D eigenvalue weighted by molar-refractivity contribution is 0.331. The summed E-state index contributed by atoms with van der Waals surface area (Å²) in [7, 11) is 0. The van der Waals surface area contributed by atoms with E-state index in [1.165, 1.54) is 0 Å². The minimum Gasteiger partial charge on any atom is -0.477 e. The molecule has 0 amide bonds. The van der Waals surface area contributed by atoms with E-state index in [0.29, 0.717) is 0 Å². The van der Waals surface area contributed by atoms with Crippen LogP contribution in [-0.4, -0.2) is 5.01 Å². The largest absolute Gasteiger partial charge is 0.477 e. The van der Waals surface area contributed by atoms with Gasteiger partial charge >= 0.3 is 0 Å². The first-order chi connectivity index (χ1) is 5.70. The number of alkyl halides is 1. The molecule has 1 aromatic carbocycles. The molecule has 0 bridgehead atoms. The Morgan fingerprint density at radius 1 is 1.17 bits per heavy atom. The minimum atomic E-state index is -0.153. The first kappa shape index (κ1) is 10.5. The Morgan fingerprint density at radius 3 is 2.25 bits per heavy atom. The van der Waals surface area contributed by atoms with Crippen molar-refractivity contribution in [3.8, 4) is 5.75 Å². The molecule has 0 N–H and O–H groups in total. The Labute approximate surface area is 96.9 Å². The lowest BCUT2D eigenvalue weighted by Crippen LogP contribution is -2.09. The standard InChI is InChI=1S/C8H6Br3O/c9-7(10)8(11)12-6-4-2-1-3-5-6/h1-5,8H. The number of halogens is 3. The summed E-state index contributed by atoms with van der Waals surface area (Å²) in [6.07, 6.45) is 0. The van der Waals surface area contributed by atoms with Crippen LogP contribution in [0.3, 0.4) is 0 Å². The molecule has 1 nitrogen and oxygen atoms in total. The molecule has 0 aliphatic rings. The van der Waals surface area contributed by atoms with Crippen LogP contribution in [0.25, 0.3) is 0 Å². The van der Waals surface area contributed by atoms with Crippen LogP contribution in [0.15, 0.2) is 30.3 Å². The van der Waals surface area contributed by atoms with Crippen LogP contribution in [0, 0.1) is 3.74 Å². The second-order valence-electron chi connectivity index (χ2n) is 2.04. The molecule has 0 saturated heterocycles. The predicted molar refractivity (Wildman–Crippen MR) is 60.9 cm³/mol. The van der Waals surface area contributed by atoms with Gasteiger partial charge in [0, 0.05) is 0 Å². The number of ether oxygens (including phenoxy) is 1. The Balaban J connectivity index is 2.53. The van der Waals surface area contributed by atoms with Crippen LogP contribution in [0.5, 0.6) is 5.75 Å². The third-order valence-electron chi connectivity index (χ3n) is 1.15. The van der Waals surface area contributed by atoms with Gasteiger partial charge < -0.3 is 4.74 Å². The highest BCUT2D eigenvalue weighted by Crippen LogP contribution is 2.30. The normalized spacial score (nSPS) is 13.0. The molecule has 0 aromatic heterocycles. The lowest BCUT2D eigenvalue weighted by Gasteiger charge is -2.12. The van der Waals surface area contributed by atoms with Gasteiger partial charge in [0.1, 0.15) is 5.75 Å². The van der Waals surface area contributed by atoms with Crippen molar-refractivity contribution in [2.24, 2.45) is 0 Å². The number of para-hydroxylation sites is 1. The Bertz CT molecular complexity index is 225. The van der Waals surface area contributed by atoms with Gasteiger partial charge in [-0.1, -0.05) is 50.1 Å². The van der Waals surface area contributed by atoms with Crippen molar-refractivity contribution in [2.75, 3.05) is 0 Å². The van der Waals surface area contributed by atoms with Crippen molar-refractivity contribution in [1.82, 2.24) is 0 Å². The Morgan fingerprint density at radius 2 is 1.75 bits per heavy atom. The van der Waals surface area contributed by atoms with Gasteiger partial charge in [-0.15, -0.1) is 0 Å². The molecule has 0 spiro atoms. The third kappa shape index (κ3) is 3.46. The van der Waals surface area contributed by atoms with E-state index in [4.69, 9.17) is 4.74 Å². The first-order valence-corrected chi connectivity index (χ1v) is 5.74. The van der Waals surface area contributed by atoms with E-state index < -0.39 is 0 Å². The molecule has 1 radical (unpaired) electrons. The molecule has 12 heavy (non-hydrogen) atoms. The van der Waals surface area contributed by atoms with Gasteiger partial charge in [-0.25, -0.2) is 0 Å². The van der Waals surface area contributed by atoms with Gasteiger partial charge in [0.05, 0.1) is 0 Å². The first-order valence-electron chi connectivity index (χ1n) is 3.24. The van der Waals surface area contributed by atoms with E-state index in [-0.39, 0.29) is 5.01 Å². The van der Waals surface area contributed by atoms with Gasteiger partial charge in [-0.05, 0) is 28.1 Å². The summed E-state index contributed by atoms with van der Waals surface area (Å²) in [5, 5.41) is -0.153. The summed E-state index contributed by atoms with van der Waals surface area (Å²) >= 11 is 9.84. The molecule has 0 fully saturated rings. The topological polar surface area (TPSA) is 9.23 Å². The predicted octanol–water partition coefficient (Wildman–Crippen LogP) is 4.07. The highest BCUT2D eigenvalue weighted by atomic mass is 79.9. The van der Waals surface area contributed by atoms with Crippen molar-refractivity contribution >= 4 is 47.8 Å². The number of hydrogen-bond acceptors (Lipinski definition) is 1. The van der Waals surface area contributed by atoms with Crippen molar-refractivity contribution in [3.63, 3.8) is 0 Å². The average molecular weight is 358 g/mol. The molecule has 0 aliphatic carbocycles. The highest BCUT2D eigenvalue weighted by Gasteiger charge is 2.14. The zero-order valence-corrected chi connectivity index (χ0v) is 10.8. The van der Waals surface area contributed by atoms with Crippen LogP contribution in [-0.2, 0) is 0 Å². The summed E-state index contributed by atoms with van der Waals surface area (Å²) in [5.41, 5.74) is 0. The molecular formula is C8H6Br3O. The quantitative estimate of drug-likeness (QED) is 0.741. The van der Waals surface area contributed by atoms with Crippen molar-refractivity contribution in [2.45, 2.75) is 5.01 Å².